The zero-order valence-corrected chi connectivity index (χ0v) is 16.3. The summed E-state index contributed by atoms with van der Waals surface area (Å²) in [6, 6.07) is 17.4. The fourth-order valence-corrected chi connectivity index (χ4v) is 2.77. The third-order valence-electron chi connectivity index (χ3n) is 4.21. The average Bonchev–Trinajstić information content (AvgIpc) is 2.74. The zero-order chi connectivity index (χ0) is 20.6. The largest absolute Gasteiger partial charge is 0.508 e. The maximum atomic E-state index is 12.9. The number of nitrogens with one attached hydrogen (secondary N) is 2. The number of hydrogen-bond donors (Lipinski definition) is 3. The lowest BCUT2D eigenvalue weighted by Gasteiger charge is -2.13. The highest BCUT2D eigenvalue weighted by atomic mass is 16.5. The van der Waals surface area contributed by atoms with Gasteiger partial charge in [0.2, 0.25) is 0 Å². The van der Waals surface area contributed by atoms with Gasteiger partial charge in [-0.1, -0.05) is 18.2 Å². The van der Waals surface area contributed by atoms with Crippen molar-refractivity contribution in [3.63, 3.8) is 0 Å². The van der Waals surface area contributed by atoms with E-state index in [4.69, 9.17) is 9.47 Å². The van der Waals surface area contributed by atoms with Crippen LogP contribution in [0.25, 0.3) is 11.3 Å². The molecule has 1 aromatic heterocycles. The van der Waals surface area contributed by atoms with Crippen LogP contribution in [0.1, 0.15) is 10.4 Å². The van der Waals surface area contributed by atoms with E-state index in [0.717, 1.165) is 5.56 Å². The number of nitrogens with zero attached hydrogens (tertiary/aromatic N) is 1. The summed E-state index contributed by atoms with van der Waals surface area (Å²) in [5, 5.41) is 15.7. The number of pyridine rings is 1. The molecule has 150 valence electrons. The number of aromatic hydroxyl groups is 1. The number of rotatable bonds is 8. The average molecular weight is 393 g/mol. The maximum Gasteiger partial charge on any atom is 0.259 e. The topological polar surface area (TPSA) is 92.7 Å². The highest BCUT2D eigenvalue weighted by molar-refractivity contribution is 6.07. The number of phenols is 1. The molecule has 0 unspecified atom stereocenters. The Labute approximate surface area is 169 Å². The van der Waals surface area contributed by atoms with Gasteiger partial charge >= 0.3 is 0 Å². The smallest absolute Gasteiger partial charge is 0.259 e. The Hall–Kier alpha value is -3.58. The molecule has 0 saturated heterocycles. The first-order valence-corrected chi connectivity index (χ1v) is 9.09. The van der Waals surface area contributed by atoms with Crippen molar-refractivity contribution in [2.45, 2.75) is 0 Å². The molecule has 0 aliphatic heterocycles. The standard InChI is InChI=1S/C22H23N3O4/c1-28-12-11-23-21-19(22(27)24-16-6-4-8-18(14-16)29-2)9-10-20(25-21)15-5-3-7-17(26)13-15/h3-10,13-14,26H,11-12H2,1-2H3,(H,23,25)(H,24,27). The van der Waals surface area contributed by atoms with E-state index in [1.165, 1.54) is 0 Å². The Kier molecular flexibility index (Phi) is 6.65. The second kappa shape index (κ2) is 9.57. The van der Waals surface area contributed by atoms with Gasteiger partial charge in [-0.2, -0.15) is 0 Å². The van der Waals surface area contributed by atoms with E-state index >= 15 is 0 Å². The van der Waals surface area contributed by atoms with Crippen LogP contribution in [0.15, 0.2) is 60.7 Å². The number of ether oxygens (including phenoxy) is 2. The molecular weight excluding hydrogens is 370 g/mol. The quantitative estimate of drug-likeness (QED) is 0.505. The van der Waals surface area contributed by atoms with Crippen molar-refractivity contribution in [3.8, 4) is 22.8 Å². The summed E-state index contributed by atoms with van der Waals surface area (Å²) in [4.78, 5) is 17.5. The summed E-state index contributed by atoms with van der Waals surface area (Å²) in [5.74, 6) is 0.938. The summed E-state index contributed by atoms with van der Waals surface area (Å²) in [6.45, 7) is 0.960. The van der Waals surface area contributed by atoms with Gasteiger partial charge in [0, 0.05) is 31.0 Å². The molecule has 3 aromatic rings. The van der Waals surface area contributed by atoms with Gasteiger partial charge in [-0.05, 0) is 36.4 Å². The number of aromatic nitrogens is 1. The third kappa shape index (κ3) is 5.24. The zero-order valence-electron chi connectivity index (χ0n) is 16.3. The molecule has 3 rings (SSSR count). The van der Waals surface area contributed by atoms with Crippen molar-refractivity contribution >= 4 is 17.4 Å². The van der Waals surface area contributed by atoms with Crippen molar-refractivity contribution in [1.82, 2.24) is 4.98 Å². The van der Waals surface area contributed by atoms with E-state index in [1.807, 2.05) is 6.07 Å². The first kappa shape index (κ1) is 20.2. The number of carbonyl (C=O) groups is 1. The number of carbonyl (C=O) groups excluding carboxylic acids is 1. The Bertz CT molecular complexity index is 991. The number of anilines is 2. The van der Waals surface area contributed by atoms with Gasteiger partial charge in [-0.15, -0.1) is 0 Å². The van der Waals surface area contributed by atoms with Crippen LogP contribution in [0, 0.1) is 0 Å². The van der Waals surface area contributed by atoms with E-state index in [1.54, 1.807) is 68.8 Å². The van der Waals surface area contributed by atoms with Crippen LogP contribution < -0.4 is 15.4 Å². The molecule has 2 aromatic carbocycles. The summed E-state index contributed by atoms with van der Waals surface area (Å²) in [6.07, 6.45) is 0. The molecule has 3 N–H and O–H groups in total. The van der Waals surface area contributed by atoms with Crippen LogP contribution in [-0.2, 0) is 4.74 Å². The Morgan fingerprint density at radius 1 is 1.07 bits per heavy atom. The Morgan fingerprint density at radius 2 is 1.90 bits per heavy atom. The summed E-state index contributed by atoms with van der Waals surface area (Å²) in [5.41, 5.74) is 2.40. The molecule has 0 aliphatic carbocycles. The molecule has 7 heteroatoms. The first-order chi connectivity index (χ1) is 14.1. The molecule has 0 saturated carbocycles. The number of phenolic OH excluding ortho intramolecular Hbond substituents is 1. The number of hydrogen-bond acceptors (Lipinski definition) is 6. The summed E-state index contributed by atoms with van der Waals surface area (Å²) in [7, 11) is 3.18. The van der Waals surface area contributed by atoms with Gasteiger partial charge in [0.05, 0.1) is 25.0 Å². The molecule has 7 nitrogen and oxygen atoms in total. The minimum Gasteiger partial charge on any atom is -0.508 e. The normalized spacial score (nSPS) is 10.4. The van der Waals surface area contributed by atoms with E-state index in [2.05, 4.69) is 15.6 Å². The van der Waals surface area contributed by atoms with Gasteiger partial charge < -0.3 is 25.2 Å². The van der Waals surface area contributed by atoms with Gasteiger partial charge in [0.1, 0.15) is 17.3 Å². The van der Waals surface area contributed by atoms with Crippen LogP contribution in [0.3, 0.4) is 0 Å². The minimum absolute atomic E-state index is 0.151. The minimum atomic E-state index is -0.298. The lowest BCUT2D eigenvalue weighted by Crippen LogP contribution is -2.18. The molecule has 0 fully saturated rings. The van der Waals surface area contributed by atoms with Crippen LogP contribution in [0.4, 0.5) is 11.5 Å². The van der Waals surface area contributed by atoms with Gasteiger partial charge in [-0.25, -0.2) is 4.98 Å². The van der Waals surface area contributed by atoms with E-state index < -0.39 is 0 Å². The number of methoxy groups -OCH3 is 2. The van der Waals surface area contributed by atoms with Gasteiger partial charge in [-0.3, -0.25) is 4.79 Å². The Balaban J connectivity index is 1.90. The van der Waals surface area contributed by atoms with Crippen molar-refractivity contribution in [3.05, 3.63) is 66.2 Å². The van der Waals surface area contributed by atoms with E-state index in [0.29, 0.717) is 41.7 Å². The Morgan fingerprint density at radius 3 is 2.66 bits per heavy atom. The first-order valence-electron chi connectivity index (χ1n) is 9.09. The second-order valence-corrected chi connectivity index (χ2v) is 6.25. The summed E-state index contributed by atoms with van der Waals surface area (Å²) >= 11 is 0. The molecule has 0 atom stereocenters. The highest BCUT2D eigenvalue weighted by Crippen LogP contribution is 2.25. The molecule has 0 aliphatic rings. The van der Waals surface area contributed by atoms with E-state index in [9.17, 15) is 9.90 Å². The van der Waals surface area contributed by atoms with Crippen molar-refractivity contribution in [2.24, 2.45) is 0 Å². The van der Waals surface area contributed by atoms with Crippen LogP contribution in [0.2, 0.25) is 0 Å². The predicted molar refractivity (Wildman–Crippen MR) is 113 cm³/mol. The number of benzene rings is 2. The molecule has 1 amide bonds. The van der Waals surface area contributed by atoms with Crippen LogP contribution in [0.5, 0.6) is 11.5 Å². The van der Waals surface area contributed by atoms with Gasteiger partial charge in [0.15, 0.2) is 0 Å². The molecule has 0 bridgehead atoms. The fraction of sp³-hybridized carbons (Fsp3) is 0.182. The molecule has 0 radical (unpaired) electrons. The lowest BCUT2D eigenvalue weighted by molar-refractivity contribution is 0.102. The van der Waals surface area contributed by atoms with Crippen molar-refractivity contribution in [1.29, 1.82) is 0 Å². The molecule has 0 spiro atoms. The fourth-order valence-electron chi connectivity index (χ4n) is 2.77. The number of amides is 1. The van der Waals surface area contributed by atoms with Crippen LogP contribution >= 0.6 is 0 Å². The predicted octanol–water partition coefficient (Wildman–Crippen LogP) is 3.77. The monoisotopic (exact) mass is 393 g/mol. The molecule has 29 heavy (non-hydrogen) atoms. The van der Waals surface area contributed by atoms with Crippen molar-refractivity contribution < 1.29 is 19.4 Å². The SMILES string of the molecule is COCCNc1nc(-c2cccc(O)c2)ccc1C(=O)Nc1cccc(OC)c1. The highest BCUT2D eigenvalue weighted by Gasteiger charge is 2.15. The van der Waals surface area contributed by atoms with Crippen LogP contribution in [-0.4, -0.2) is 43.4 Å². The second-order valence-electron chi connectivity index (χ2n) is 6.25. The van der Waals surface area contributed by atoms with Crippen molar-refractivity contribution in [2.75, 3.05) is 38.0 Å². The lowest BCUT2D eigenvalue weighted by atomic mass is 10.1. The van der Waals surface area contributed by atoms with Gasteiger partial charge in [0.25, 0.3) is 5.91 Å². The van der Waals surface area contributed by atoms with E-state index in [-0.39, 0.29) is 11.7 Å². The maximum absolute atomic E-state index is 12.9. The molecule has 1 heterocycles. The summed E-state index contributed by atoms with van der Waals surface area (Å²) < 4.78 is 10.3. The third-order valence-corrected chi connectivity index (χ3v) is 4.21. The molecular formula is C22H23N3O4.